The van der Waals surface area contributed by atoms with E-state index in [-0.39, 0.29) is 6.09 Å². The fourth-order valence-electron chi connectivity index (χ4n) is 3.33. The van der Waals surface area contributed by atoms with Gasteiger partial charge in [0.05, 0.1) is 24.0 Å². The Morgan fingerprint density at radius 1 is 1.23 bits per heavy atom. The molecule has 1 aliphatic heterocycles. The Morgan fingerprint density at radius 2 is 1.90 bits per heavy atom. The Hall–Kier alpha value is -2.77. The van der Waals surface area contributed by atoms with Gasteiger partial charge in [-0.25, -0.2) is 14.8 Å². The van der Waals surface area contributed by atoms with Gasteiger partial charge in [0.15, 0.2) is 0 Å². The van der Waals surface area contributed by atoms with Gasteiger partial charge >= 0.3 is 6.09 Å². The van der Waals surface area contributed by atoms with Crippen LogP contribution in [0.3, 0.4) is 0 Å². The molecule has 0 atom stereocenters. The number of hydrogen-bond donors (Lipinski definition) is 0. The molecule has 0 radical (unpaired) electrons. The second-order valence-corrected chi connectivity index (χ2v) is 9.55. The number of halogens is 1. The van der Waals surface area contributed by atoms with E-state index in [0.717, 1.165) is 5.39 Å². The molecule has 0 aliphatic carbocycles. The molecule has 1 amide bonds. The molecule has 10 heteroatoms. The van der Waals surface area contributed by atoms with E-state index in [2.05, 4.69) is 20.0 Å². The van der Waals surface area contributed by atoms with Gasteiger partial charge in [0.2, 0.25) is 5.88 Å². The standard InChI is InChI=1S/C20H25ClN6O3/c1-18(2,3)30-17(28)27-10-20(6,11-27)29-16-13-8-23-15(21)7-12(13)14(9-24-16)19(4,5)25-26-22/h7-9H,10-11H2,1-6H3. The van der Waals surface area contributed by atoms with E-state index in [1.165, 1.54) is 0 Å². The molecule has 0 N–H and O–H groups in total. The molecule has 1 saturated heterocycles. The van der Waals surface area contributed by atoms with Crippen LogP contribution < -0.4 is 4.74 Å². The van der Waals surface area contributed by atoms with E-state index < -0.39 is 16.7 Å². The molecule has 0 aromatic carbocycles. The summed E-state index contributed by atoms with van der Waals surface area (Å²) < 4.78 is 11.6. The van der Waals surface area contributed by atoms with E-state index in [1.54, 1.807) is 37.2 Å². The van der Waals surface area contributed by atoms with Gasteiger partial charge in [-0.15, -0.1) is 0 Å². The number of hydrogen-bond acceptors (Lipinski definition) is 6. The lowest BCUT2D eigenvalue weighted by atomic mass is 9.92. The number of aromatic nitrogens is 2. The fraction of sp³-hybridized carbons (Fsp3) is 0.550. The van der Waals surface area contributed by atoms with Crippen molar-refractivity contribution in [3.05, 3.63) is 39.6 Å². The molecule has 0 unspecified atom stereocenters. The first kappa shape index (κ1) is 21.9. The van der Waals surface area contributed by atoms with Crippen LogP contribution in [0.1, 0.15) is 47.1 Å². The van der Waals surface area contributed by atoms with Crippen LogP contribution in [0.5, 0.6) is 5.88 Å². The summed E-state index contributed by atoms with van der Waals surface area (Å²) in [7, 11) is 0. The van der Waals surface area contributed by atoms with Gasteiger partial charge < -0.3 is 14.4 Å². The lowest BCUT2D eigenvalue weighted by Gasteiger charge is -2.47. The third-order valence-electron chi connectivity index (χ3n) is 4.70. The van der Waals surface area contributed by atoms with Crippen LogP contribution in [-0.4, -0.2) is 45.3 Å². The molecule has 3 rings (SSSR count). The lowest BCUT2D eigenvalue weighted by molar-refractivity contribution is -0.0722. The van der Waals surface area contributed by atoms with Gasteiger partial charge in [-0.2, -0.15) is 0 Å². The van der Waals surface area contributed by atoms with Crippen molar-refractivity contribution in [2.45, 2.75) is 58.3 Å². The van der Waals surface area contributed by atoms with Gasteiger partial charge in [0.25, 0.3) is 0 Å². The highest BCUT2D eigenvalue weighted by Gasteiger charge is 2.45. The van der Waals surface area contributed by atoms with Crippen molar-refractivity contribution in [3.63, 3.8) is 0 Å². The van der Waals surface area contributed by atoms with Gasteiger partial charge in [-0.05, 0) is 50.2 Å². The molecule has 1 fully saturated rings. The highest BCUT2D eigenvalue weighted by Crippen LogP contribution is 2.37. The molecule has 9 nitrogen and oxygen atoms in total. The minimum Gasteiger partial charge on any atom is -0.467 e. The minimum absolute atomic E-state index is 0.309. The topological polar surface area (TPSA) is 113 Å². The third kappa shape index (κ3) is 4.52. The van der Waals surface area contributed by atoms with Gasteiger partial charge in [0, 0.05) is 17.3 Å². The first-order valence-electron chi connectivity index (χ1n) is 9.51. The Labute approximate surface area is 180 Å². The number of carbonyl (C=O) groups is 1. The monoisotopic (exact) mass is 432 g/mol. The molecule has 2 aromatic rings. The van der Waals surface area contributed by atoms with Crippen molar-refractivity contribution >= 4 is 28.5 Å². The average molecular weight is 433 g/mol. The smallest absolute Gasteiger partial charge is 0.410 e. The maximum atomic E-state index is 12.2. The van der Waals surface area contributed by atoms with Crippen molar-refractivity contribution in [1.82, 2.24) is 14.9 Å². The zero-order valence-electron chi connectivity index (χ0n) is 17.9. The quantitative estimate of drug-likeness (QED) is 0.284. The largest absolute Gasteiger partial charge is 0.467 e. The predicted octanol–water partition coefficient (Wildman–Crippen LogP) is 5.22. The van der Waals surface area contributed by atoms with Gasteiger partial charge in [0.1, 0.15) is 16.4 Å². The summed E-state index contributed by atoms with van der Waals surface area (Å²) in [5.74, 6) is 0.376. The van der Waals surface area contributed by atoms with Crippen molar-refractivity contribution < 1.29 is 14.3 Å². The van der Waals surface area contributed by atoms with Gasteiger partial charge in [-0.1, -0.05) is 30.6 Å². The highest BCUT2D eigenvalue weighted by atomic mass is 35.5. The summed E-state index contributed by atoms with van der Waals surface area (Å²) in [5, 5.41) is 5.57. The number of likely N-dealkylation sites (tertiary alicyclic amines) is 1. The van der Waals surface area contributed by atoms with Crippen LogP contribution in [0.4, 0.5) is 4.79 Å². The number of nitrogens with zero attached hydrogens (tertiary/aromatic N) is 6. The number of pyridine rings is 2. The van der Waals surface area contributed by atoms with Crippen molar-refractivity contribution in [2.24, 2.45) is 5.11 Å². The summed E-state index contributed by atoms with van der Waals surface area (Å²) in [6, 6.07) is 1.70. The van der Waals surface area contributed by atoms with Crippen molar-refractivity contribution in [2.75, 3.05) is 13.1 Å². The first-order chi connectivity index (χ1) is 13.8. The van der Waals surface area contributed by atoms with E-state index >= 15 is 0 Å². The van der Waals surface area contributed by atoms with Crippen LogP contribution in [0.15, 0.2) is 23.6 Å². The highest BCUT2D eigenvalue weighted by molar-refractivity contribution is 6.30. The number of ether oxygens (including phenoxy) is 2. The zero-order valence-corrected chi connectivity index (χ0v) is 18.7. The molecule has 0 bridgehead atoms. The Bertz CT molecular complexity index is 1040. The van der Waals surface area contributed by atoms with Crippen molar-refractivity contribution in [1.29, 1.82) is 0 Å². The van der Waals surface area contributed by atoms with E-state index in [1.807, 2.05) is 27.7 Å². The molecule has 1 aliphatic rings. The summed E-state index contributed by atoms with van der Waals surface area (Å²) in [4.78, 5) is 25.3. The normalized spacial score (nSPS) is 15.9. The number of carbonyl (C=O) groups excluding carboxylic acids is 1. The molecule has 30 heavy (non-hydrogen) atoms. The molecule has 3 heterocycles. The minimum atomic E-state index is -0.836. The van der Waals surface area contributed by atoms with Crippen LogP contribution in [0.2, 0.25) is 5.15 Å². The number of azide groups is 1. The molecular formula is C20H25ClN6O3. The Balaban J connectivity index is 1.88. The summed E-state index contributed by atoms with van der Waals surface area (Å²) in [6.45, 7) is 11.7. The molecule has 2 aromatic heterocycles. The third-order valence-corrected chi connectivity index (χ3v) is 4.91. The molecular weight excluding hydrogens is 408 g/mol. The van der Waals surface area contributed by atoms with Gasteiger partial charge in [-0.3, -0.25) is 0 Å². The summed E-state index contributed by atoms with van der Waals surface area (Å²) >= 11 is 6.11. The fourth-order valence-corrected chi connectivity index (χ4v) is 3.49. The van der Waals surface area contributed by atoms with Crippen LogP contribution in [0, 0.1) is 0 Å². The lowest BCUT2D eigenvalue weighted by Crippen LogP contribution is -2.65. The maximum absolute atomic E-state index is 12.2. The van der Waals surface area contributed by atoms with E-state index in [4.69, 9.17) is 26.6 Å². The first-order valence-corrected chi connectivity index (χ1v) is 9.89. The number of fused-ring (bicyclic) bond motifs is 1. The number of amides is 1. The number of rotatable bonds is 4. The molecule has 160 valence electrons. The SMILES string of the molecule is CC(C)(C)OC(=O)N1CC(C)(Oc2ncc(C(C)(C)N=[N+]=[N-])c3cc(Cl)ncc23)C1. The zero-order chi connectivity index (χ0) is 22.3. The van der Waals surface area contributed by atoms with Crippen LogP contribution in [-0.2, 0) is 10.3 Å². The molecule has 0 saturated carbocycles. The Morgan fingerprint density at radius 3 is 2.50 bits per heavy atom. The van der Waals surface area contributed by atoms with E-state index in [9.17, 15) is 4.79 Å². The predicted molar refractivity (Wildman–Crippen MR) is 114 cm³/mol. The second kappa shape index (κ2) is 7.49. The average Bonchev–Trinajstić information content (AvgIpc) is 2.57. The summed E-state index contributed by atoms with van der Waals surface area (Å²) in [6.07, 6.45) is 2.83. The summed E-state index contributed by atoms with van der Waals surface area (Å²) in [5.41, 5.74) is 7.62. The maximum Gasteiger partial charge on any atom is 0.410 e. The van der Waals surface area contributed by atoms with Crippen LogP contribution >= 0.6 is 11.6 Å². The van der Waals surface area contributed by atoms with Crippen molar-refractivity contribution in [3.8, 4) is 5.88 Å². The molecule has 0 spiro atoms. The Kier molecular flexibility index (Phi) is 5.47. The van der Waals surface area contributed by atoms with E-state index in [0.29, 0.717) is 35.1 Å². The second-order valence-electron chi connectivity index (χ2n) is 9.17. The van der Waals surface area contributed by atoms with Crippen LogP contribution in [0.25, 0.3) is 21.2 Å².